The lowest BCUT2D eigenvalue weighted by atomic mass is 9.99. The van der Waals surface area contributed by atoms with Crippen LogP contribution in [-0.2, 0) is 11.2 Å². The summed E-state index contributed by atoms with van der Waals surface area (Å²) in [6.07, 6.45) is 3.79. The number of aldehydes is 1. The van der Waals surface area contributed by atoms with Gasteiger partial charge in [0.25, 0.3) is 5.91 Å². The number of nitrogens with zero attached hydrogens (tertiary/aromatic N) is 2. The molecule has 0 unspecified atom stereocenters. The number of carbonyl (C=O) groups excluding carboxylic acids is 2. The number of pyridine rings is 1. The summed E-state index contributed by atoms with van der Waals surface area (Å²) < 4.78 is 0. The molecule has 5 nitrogen and oxygen atoms in total. The number of nitrogens with one attached hydrogen (secondary N) is 1. The molecule has 0 aromatic carbocycles. The molecule has 21 heavy (non-hydrogen) atoms. The van der Waals surface area contributed by atoms with E-state index < -0.39 is 0 Å². The Labute approximate surface area is 127 Å². The van der Waals surface area contributed by atoms with Crippen molar-refractivity contribution in [2.24, 2.45) is 5.92 Å². The van der Waals surface area contributed by atoms with Crippen LogP contribution < -0.4 is 5.32 Å². The summed E-state index contributed by atoms with van der Waals surface area (Å²) in [5, 5.41) is 4.64. The predicted molar refractivity (Wildman–Crippen MR) is 81.2 cm³/mol. The van der Waals surface area contributed by atoms with Crippen LogP contribution in [0.1, 0.15) is 29.5 Å². The Morgan fingerprint density at radius 1 is 1.43 bits per heavy atom. The molecule has 6 heteroatoms. The molecule has 1 N–H and O–H groups in total. The number of carbonyl (C=O) groups is 2. The highest BCUT2D eigenvalue weighted by Crippen LogP contribution is 2.10. The summed E-state index contributed by atoms with van der Waals surface area (Å²) in [6.45, 7) is 1.84. The number of hydrogen-bond acceptors (Lipinski definition) is 5. The molecule has 0 saturated heterocycles. The maximum atomic E-state index is 12.1. The molecule has 0 fully saturated rings. The highest BCUT2D eigenvalue weighted by Gasteiger charge is 2.18. The lowest BCUT2D eigenvalue weighted by Crippen LogP contribution is -2.38. The Bertz CT molecular complexity index is 572. The van der Waals surface area contributed by atoms with E-state index in [2.05, 4.69) is 15.3 Å². The highest BCUT2D eigenvalue weighted by molar-refractivity contribution is 7.07. The smallest absolute Gasteiger partial charge is 0.270 e. The summed E-state index contributed by atoms with van der Waals surface area (Å²) in [7, 11) is 0. The average molecular weight is 303 g/mol. The van der Waals surface area contributed by atoms with Crippen molar-refractivity contribution in [2.45, 2.75) is 25.8 Å². The van der Waals surface area contributed by atoms with Crippen molar-refractivity contribution in [3.05, 3.63) is 46.7 Å². The monoisotopic (exact) mass is 303 g/mol. The topological polar surface area (TPSA) is 72.0 Å². The number of thiazole rings is 1. The van der Waals surface area contributed by atoms with Gasteiger partial charge in [0.05, 0.1) is 5.51 Å². The molecule has 0 spiro atoms. The van der Waals surface area contributed by atoms with Crippen LogP contribution in [0.3, 0.4) is 0 Å². The first-order chi connectivity index (χ1) is 10.2. The first-order valence-corrected chi connectivity index (χ1v) is 7.67. The van der Waals surface area contributed by atoms with Gasteiger partial charge in [-0.1, -0.05) is 13.0 Å². The van der Waals surface area contributed by atoms with Crippen molar-refractivity contribution >= 4 is 23.5 Å². The van der Waals surface area contributed by atoms with Crippen molar-refractivity contribution in [1.29, 1.82) is 0 Å². The van der Waals surface area contributed by atoms with Crippen LogP contribution in [-0.4, -0.2) is 28.2 Å². The zero-order valence-electron chi connectivity index (χ0n) is 11.7. The zero-order chi connectivity index (χ0) is 15.1. The second-order valence-electron chi connectivity index (χ2n) is 4.92. The zero-order valence-corrected chi connectivity index (χ0v) is 12.5. The largest absolute Gasteiger partial charge is 0.348 e. The van der Waals surface area contributed by atoms with Crippen LogP contribution in [0.2, 0.25) is 0 Å². The summed E-state index contributed by atoms with van der Waals surface area (Å²) in [4.78, 5) is 31.2. The number of aromatic nitrogens is 2. The Morgan fingerprint density at radius 3 is 2.90 bits per heavy atom. The summed E-state index contributed by atoms with van der Waals surface area (Å²) in [5.74, 6) is -0.329. The fourth-order valence-electron chi connectivity index (χ4n) is 2.05. The predicted octanol–water partition coefficient (Wildman–Crippen LogP) is 2.10. The first-order valence-electron chi connectivity index (χ1n) is 6.73. The van der Waals surface area contributed by atoms with Gasteiger partial charge in [-0.05, 0) is 18.6 Å². The fourth-order valence-corrected chi connectivity index (χ4v) is 2.59. The van der Waals surface area contributed by atoms with E-state index in [1.165, 1.54) is 11.3 Å². The lowest BCUT2D eigenvalue weighted by molar-refractivity contribution is -0.111. The Morgan fingerprint density at radius 2 is 2.29 bits per heavy atom. The minimum Gasteiger partial charge on any atom is -0.348 e. The molecule has 2 rings (SSSR count). The number of rotatable bonds is 7. The summed E-state index contributed by atoms with van der Waals surface area (Å²) >= 11 is 1.38. The van der Waals surface area contributed by atoms with E-state index in [-0.39, 0.29) is 17.9 Å². The Kier molecular flexibility index (Phi) is 5.57. The van der Waals surface area contributed by atoms with Crippen LogP contribution in [0, 0.1) is 5.92 Å². The first kappa shape index (κ1) is 15.3. The van der Waals surface area contributed by atoms with Crippen LogP contribution in [0.5, 0.6) is 0 Å². The SMILES string of the molecule is C[C@H](C=O)C[C@H](Cc1ccccn1)NC(=O)c1cscn1. The second-order valence-corrected chi connectivity index (χ2v) is 5.64. The molecular weight excluding hydrogens is 286 g/mol. The molecule has 0 bridgehead atoms. The van der Waals surface area contributed by atoms with E-state index in [1.807, 2.05) is 25.1 Å². The normalized spacial score (nSPS) is 13.4. The minimum absolute atomic E-state index is 0.116. The molecule has 2 atom stereocenters. The van der Waals surface area contributed by atoms with Gasteiger partial charge >= 0.3 is 0 Å². The second kappa shape index (κ2) is 7.64. The molecule has 0 aliphatic rings. The van der Waals surface area contributed by atoms with Crippen LogP contribution >= 0.6 is 11.3 Å². The third-order valence-electron chi connectivity index (χ3n) is 3.07. The molecule has 2 heterocycles. The molecule has 0 radical (unpaired) electrons. The van der Waals surface area contributed by atoms with Gasteiger partial charge in [-0.15, -0.1) is 11.3 Å². The van der Waals surface area contributed by atoms with Crippen molar-refractivity contribution in [3.8, 4) is 0 Å². The molecule has 110 valence electrons. The van der Waals surface area contributed by atoms with Gasteiger partial charge in [0.1, 0.15) is 12.0 Å². The maximum absolute atomic E-state index is 12.1. The van der Waals surface area contributed by atoms with Gasteiger partial charge in [0.2, 0.25) is 0 Å². The summed E-state index contributed by atoms with van der Waals surface area (Å²) in [6, 6.07) is 5.52. The number of hydrogen-bond donors (Lipinski definition) is 1. The van der Waals surface area contributed by atoms with E-state index in [4.69, 9.17) is 0 Å². The van der Waals surface area contributed by atoms with Gasteiger partial charge in [-0.25, -0.2) is 4.98 Å². The minimum atomic E-state index is -0.213. The van der Waals surface area contributed by atoms with Crippen molar-refractivity contribution in [2.75, 3.05) is 0 Å². The fraction of sp³-hybridized carbons (Fsp3) is 0.333. The average Bonchev–Trinajstić information content (AvgIpc) is 3.02. The van der Waals surface area contributed by atoms with Gasteiger partial charge in [0.15, 0.2) is 0 Å². The summed E-state index contributed by atoms with van der Waals surface area (Å²) in [5.41, 5.74) is 2.92. The molecule has 2 aromatic heterocycles. The third-order valence-corrected chi connectivity index (χ3v) is 3.66. The maximum Gasteiger partial charge on any atom is 0.270 e. The van der Waals surface area contributed by atoms with E-state index >= 15 is 0 Å². The standard InChI is InChI=1S/C15H17N3O2S/c1-11(8-19)6-13(7-12-4-2-3-5-16-12)18-15(20)14-9-21-10-17-14/h2-5,8-11,13H,6-7H2,1H3,(H,18,20)/t11-,13+/m0/s1. The molecule has 2 aromatic rings. The van der Waals surface area contributed by atoms with Crippen molar-refractivity contribution in [3.63, 3.8) is 0 Å². The Balaban J connectivity index is 2.04. The third kappa shape index (κ3) is 4.75. The molecule has 0 aliphatic carbocycles. The molecule has 1 amide bonds. The molecular formula is C15H17N3O2S. The molecule has 0 aliphatic heterocycles. The van der Waals surface area contributed by atoms with Gasteiger partial charge in [0, 0.05) is 35.7 Å². The van der Waals surface area contributed by atoms with Crippen LogP contribution in [0.15, 0.2) is 35.3 Å². The van der Waals surface area contributed by atoms with Crippen molar-refractivity contribution < 1.29 is 9.59 Å². The lowest BCUT2D eigenvalue weighted by Gasteiger charge is -2.19. The quantitative estimate of drug-likeness (QED) is 0.795. The number of amides is 1. The van der Waals surface area contributed by atoms with E-state index in [9.17, 15) is 9.59 Å². The van der Waals surface area contributed by atoms with Gasteiger partial charge in [-0.2, -0.15) is 0 Å². The van der Waals surface area contributed by atoms with Crippen molar-refractivity contribution in [1.82, 2.24) is 15.3 Å². The van der Waals surface area contributed by atoms with Gasteiger partial charge in [-0.3, -0.25) is 9.78 Å². The van der Waals surface area contributed by atoms with E-state index in [1.54, 1.807) is 17.1 Å². The van der Waals surface area contributed by atoms with E-state index in [0.717, 1.165) is 12.0 Å². The highest BCUT2D eigenvalue weighted by atomic mass is 32.1. The van der Waals surface area contributed by atoms with E-state index in [0.29, 0.717) is 18.5 Å². The Hall–Kier alpha value is -2.08. The van der Waals surface area contributed by atoms with Gasteiger partial charge < -0.3 is 10.1 Å². The molecule has 0 saturated carbocycles. The van der Waals surface area contributed by atoms with Crippen LogP contribution in [0.4, 0.5) is 0 Å². The van der Waals surface area contributed by atoms with Crippen LogP contribution in [0.25, 0.3) is 0 Å².